The van der Waals surface area contributed by atoms with Crippen LogP contribution in [0.15, 0.2) is 18.2 Å². The van der Waals surface area contributed by atoms with E-state index < -0.39 is 5.60 Å². The van der Waals surface area contributed by atoms with Gasteiger partial charge in [-0.05, 0) is 58.6 Å². The highest BCUT2D eigenvalue weighted by molar-refractivity contribution is 6.03. The number of hydrogen-bond acceptors (Lipinski definition) is 3. The summed E-state index contributed by atoms with van der Waals surface area (Å²) in [6.07, 6.45) is 2.25. The second-order valence-corrected chi connectivity index (χ2v) is 7.72. The zero-order valence-electron chi connectivity index (χ0n) is 14.4. The fourth-order valence-electron chi connectivity index (χ4n) is 3.70. The summed E-state index contributed by atoms with van der Waals surface area (Å²) in [5.41, 5.74) is 2.55. The Balaban J connectivity index is 1.79. The van der Waals surface area contributed by atoms with E-state index in [1.807, 2.05) is 33.8 Å². The SMILES string of the molecule is Cc1ccc2c(c1)C(=O)C(C1CCCN1C(=O)OC(C)(C)C)C2. The summed E-state index contributed by atoms with van der Waals surface area (Å²) in [5.74, 6) is 0.0611. The molecule has 3 rings (SSSR count). The number of ether oxygens (including phenoxy) is 1. The Morgan fingerprint density at radius 3 is 2.74 bits per heavy atom. The number of nitrogens with zero attached hydrogens (tertiary/aromatic N) is 1. The standard InChI is InChI=1S/C19H25NO3/c1-12-7-8-13-11-15(17(21)14(13)10-12)16-6-5-9-20(16)18(22)23-19(2,3)4/h7-8,10,15-16H,5-6,9,11H2,1-4H3. The van der Waals surface area contributed by atoms with E-state index in [0.29, 0.717) is 6.54 Å². The molecule has 0 radical (unpaired) electrons. The first-order valence-corrected chi connectivity index (χ1v) is 8.39. The van der Waals surface area contributed by atoms with E-state index >= 15 is 0 Å². The molecule has 0 saturated carbocycles. The Morgan fingerprint density at radius 2 is 2.04 bits per heavy atom. The molecule has 1 aromatic carbocycles. The average Bonchev–Trinajstić information content (AvgIpc) is 3.02. The van der Waals surface area contributed by atoms with Gasteiger partial charge in [-0.1, -0.05) is 17.7 Å². The summed E-state index contributed by atoms with van der Waals surface area (Å²) in [7, 11) is 0. The number of benzene rings is 1. The normalized spacial score (nSPS) is 24.0. The van der Waals surface area contributed by atoms with Crippen molar-refractivity contribution in [2.45, 2.75) is 58.6 Å². The third-order valence-corrected chi connectivity index (χ3v) is 4.70. The molecule has 4 nitrogen and oxygen atoms in total. The monoisotopic (exact) mass is 315 g/mol. The molecule has 124 valence electrons. The maximum atomic E-state index is 12.8. The number of aryl methyl sites for hydroxylation is 1. The average molecular weight is 315 g/mol. The van der Waals surface area contributed by atoms with Crippen LogP contribution in [0.5, 0.6) is 0 Å². The molecule has 1 heterocycles. The first-order valence-electron chi connectivity index (χ1n) is 8.39. The molecule has 0 aromatic heterocycles. The smallest absolute Gasteiger partial charge is 0.410 e. The van der Waals surface area contributed by atoms with Crippen LogP contribution >= 0.6 is 0 Å². The third-order valence-electron chi connectivity index (χ3n) is 4.70. The van der Waals surface area contributed by atoms with Crippen LogP contribution in [-0.2, 0) is 11.2 Å². The summed E-state index contributed by atoms with van der Waals surface area (Å²) in [5, 5.41) is 0. The van der Waals surface area contributed by atoms with E-state index in [0.717, 1.165) is 36.0 Å². The molecule has 2 aliphatic rings. The Labute approximate surface area is 137 Å². The number of carbonyl (C=O) groups excluding carboxylic acids is 2. The summed E-state index contributed by atoms with van der Waals surface area (Å²) < 4.78 is 5.52. The molecule has 2 unspecified atom stereocenters. The van der Waals surface area contributed by atoms with Gasteiger partial charge in [-0.15, -0.1) is 0 Å². The van der Waals surface area contributed by atoms with Gasteiger partial charge < -0.3 is 9.64 Å². The van der Waals surface area contributed by atoms with Gasteiger partial charge in [-0.25, -0.2) is 4.79 Å². The lowest BCUT2D eigenvalue weighted by Gasteiger charge is -2.31. The van der Waals surface area contributed by atoms with Crippen molar-refractivity contribution in [3.05, 3.63) is 34.9 Å². The lowest BCUT2D eigenvalue weighted by molar-refractivity contribution is 0.0185. The maximum Gasteiger partial charge on any atom is 0.410 e. The highest BCUT2D eigenvalue weighted by Crippen LogP contribution is 2.36. The van der Waals surface area contributed by atoms with Crippen molar-refractivity contribution < 1.29 is 14.3 Å². The minimum Gasteiger partial charge on any atom is -0.444 e. The van der Waals surface area contributed by atoms with Gasteiger partial charge >= 0.3 is 6.09 Å². The van der Waals surface area contributed by atoms with Crippen LogP contribution in [0, 0.1) is 12.8 Å². The van der Waals surface area contributed by atoms with Gasteiger partial charge in [-0.2, -0.15) is 0 Å². The van der Waals surface area contributed by atoms with Gasteiger partial charge in [0.05, 0.1) is 0 Å². The number of carbonyl (C=O) groups is 2. The largest absolute Gasteiger partial charge is 0.444 e. The Bertz CT molecular complexity index is 645. The van der Waals surface area contributed by atoms with Crippen molar-refractivity contribution in [2.24, 2.45) is 5.92 Å². The van der Waals surface area contributed by atoms with Crippen molar-refractivity contribution in [3.8, 4) is 0 Å². The Hall–Kier alpha value is -1.84. The van der Waals surface area contributed by atoms with Crippen molar-refractivity contribution in [2.75, 3.05) is 6.54 Å². The molecule has 1 aliphatic carbocycles. The van der Waals surface area contributed by atoms with Crippen LogP contribution < -0.4 is 0 Å². The number of Topliss-reactive ketones (excluding diaryl/α,β-unsaturated/α-hetero) is 1. The number of likely N-dealkylation sites (tertiary alicyclic amines) is 1. The number of hydrogen-bond donors (Lipinski definition) is 0. The molecule has 4 heteroatoms. The minimum absolute atomic E-state index is 0.0370. The van der Waals surface area contributed by atoms with Crippen LogP contribution in [0.25, 0.3) is 0 Å². The van der Waals surface area contributed by atoms with E-state index in [2.05, 4.69) is 12.1 Å². The van der Waals surface area contributed by atoms with Crippen molar-refractivity contribution in [1.29, 1.82) is 0 Å². The third kappa shape index (κ3) is 3.12. The summed E-state index contributed by atoms with van der Waals surface area (Å²) in [6, 6.07) is 6.04. The molecule has 2 atom stereocenters. The molecule has 1 amide bonds. The number of rotatable bonds is 1. The van der Waals surface area contributed by atoms with Crippen molar-refractivity contribution in [1.82, 2.24) is 4.90 Å². The van der Waals surface area contributed by atoms with E-state index in [4.69, 9.17) is 4.74 Å². The molecular formula is C19H25NO3. The molecule has 0 N–H and O–H groups in total. The fraction of sp³-hybridized carbons (Fsp3) is 0.579. The van der Waals surface area contributed by atoms with Gasteiger partial charge in [0.2, 0.25) is 0 Å². The molecule has 1 saturated heterocycles. The van der Waals surface area contributed by atoms with Crippen molar-refractivity contribution >= 4 is 11.9 Å². The summed E-state index contributed by atoms with van der Waals surface area (Å²) in [4.78, 5) is 27.0. The van der Waals surface area contributed by atoms with Crippen LogP contribution in [0.1, 0.15) is 55.1 Å². The first-order chi connectivity index (χ1) is 10.8. The lowest BCUT2D eigenvalue weighted by Crippen LogP contribution is -2.44. The topological polar surface area (TPSA) is 46.6 Å². The van der Waals surface area contributed by atoms with E-state index in [-0.39, 0.29) is 23.8 Å². The molecule has 23 heavy (non-hydrogen) atoms. The van der Waals surface area contributed by atoms with Gasteiger partial charge in [0.25, 0.3) is 0 Å². The first kappa shape index (κ1) is 16.0. The summed E-state index contributed by atoms with van der Waals surface area (Å²) in [6.45, 7) is 8.29. The highest BCUT2D eigenvalue weighted by Gasteiger charge is 2.43. The highest BCUT2D eigenvalue weighted by atomic mass is 16.6. The predicted octanol–water partition coefficient (Wildman–Crippen LogP) is 3.75. The molecule has 1 aliphatic heterocycles. The van der Waals surface area contributed by atoms with Crippen LogP contribution in [0.3, 0.4) is 0 Å². The minimum atomic E-state index is -0.510. The predicted molar refractivity (Wildman–Crippen MR) is 88.7 cm³/mol. The molecule has 0 bridgehead atoms. The Kier molecular flexibility index (Phi) is 3.95. The lowest BCUT2D eigenvalue weighted by atomic mass is 9.93. The van der Waals surface area contributed by atoms with Crippen LogP contribution in [0.2, 0.25) is 0 Å². The van der Waals surface area contributed by atoms with Gasteiger partial charge in [0.1, 0.15) is 5.60 Å². The maximum absolute atomic E-state index is 12.8. The second-order valence-electron chi connectivity index (χ2n) is 7.72. The van der Waals surface area contributed by atoms with Gasteiger partial charge in [0.15, 0.2) is 5.78 Å². The molecule has 0 spiro atoms. The van der Waals surface area contributed by atoms with Crippen molar-refractivity contribution in [3.63, 3.8) is 0 Å². The van der Waals surface area contributed by atoms with E-state index in [1.54, 1.807) is 4.90 Å². The second kappa shape index (κ2) is 5.66. The van der Waals surface area contributed by atoms with Crippen LogP contribution in [-0.4, -0.2) is 35.0 Å². The zero-order valence-corrected chi connectivity index (χ0v) is 14.4. The summed E-state index contributed by atoms with van der Waals surface area (Å²) >= 11 is 0. The zero-order chi connectivity index (χ0) is 16.8. The number of ketones is 1. The van der Waals surface area contributed by atoms with Crippen LogP contribution in [0.4, 0.5) is 4.79 Å². The molecule has 1 aromatic rings. The quantitative estimate of drug-likeness (QED) is 0.793. The fourth-order valence-corrected chi connectivity index (χ4v) is 3.70. The van der Waals surface area contributed by atoms with E-state index in [1.165, 1.54) is 0 Å². The van der Waals surface area contributed by atoms with Gasteiger partial charge in [-0.3, -0.25) is 4.79 Å². The van der Waals surface area contributed by atoms with Gasteiger partial charge in [0, 0.05) is 24.1 Å². The van der Waals surface area contributed by atoms with E-state index in [9.17, 15) is 9.59 Å². The number of amides is 1. The molecule has 1 fully saturated rings. The number of fused-ring (bicyclic) bond motifs is 1. The molecular weight excluding hydrogens is 290 g/mol. The Morgan fingerprint density at radius 1 is 1.30 bits per heavy atom.